The van der Waals surface area contributed by atoms with Crippen molar-refractivity contribution in [3.8, 4) is 0 Å². The van der Waals surface area contributed by atoms with Crippen molar-refractivity contribution < 1.29 is 19.1 Å². The lowest BCUT2D eigenvalue weighted by molar-refractivity contribution is 0.0460. The third kappa shape index (κ3) is 6.84. The molecule has 5 aromatic rings. The number of aromatic nitrogens is 2. The molecule has 282 valence electrons. The summed E-state index contributed by atoms with van der Waals surface area (Å²) >= 11 is 0. The van der Waals surface area contributed by atoms with Gasteiger partial charge in [-0.3, -0.25) is 20.0 Å². The van der Waals surface area contributed by atoms with Crippen molar-refractivity contribution >= 4 is 35.0 Å². The second-order valence-corrected chi connectivity index (χ2v) is 14.7. The van der Waals surface area contributed by atoms with Gasteiger partial charge in [-0.2, -0.15) is 0 Å². The fraction of sp³-hybridized carbons (Fsp3) is 0.304. The quantitative estimate of drug-likeness (QED) is 0.117. The molecule has 4 heterocycles. The van der Waals surface area contributed by atoms with Gasteiger partial charge in [-0.05, 0) is 84.3 Å². The first-order valence-electron chi connectivity index (χ1n) is 19.7. The number of hydrogen-bond donors (Lipinski definition) is 0. The van der Waals surface area contributed by atoms with Gasteiger partial charge in [-0.15, -0.1) is 0 Å². The number of hydrogen-bond acceptors (Lipinski definition) is 8. The Labute approximate surface area is 327 Å². The number of carbonyl (C=O) groups is 2. The first-order valence-corrected chi connectivity index (χ1v) is 19.7. The minimum absolute atomic E-state index is 0.105. The van der Waals surface area contributed by atoms with Crippen LogP contribution in [0.2, 0.25) is 0 Å². The van der Waals surface area contributed by atoms with Gasteiger partial charge in [0.2, 0.25) is 0 Å². The molecule has 0 bridgehead atoms. The van der Waals surface area contributed by atoms with Crippen molar-refractivity contribution in [2.24, 2.45) is 9.98 Å². The number of esters is 2. The zero-order valence-corrected chi connectivity index (χ0v) is 31.8. The highest BCUT2D eigenvalue weighted by Crippen LogP contribution is 2.45. The molecule has 3 aromatic carbocycles. The van der Waals surface area contributed by atoms with Crippen LogP contribution in [0.3, 0.4) is 0 Å². The van der Waals surface area contributed by atoms with E-state index in [4.69, 9.17) is 29.4 Å². The average molecular weight is 745 g/mol. The van der Waals surface area contributed by atoms with E-state index in [1.54, 1.807) is 24.3 Å². The van der Waals surface area contributed by atoms with Crippen LogP contribution < -0.4 is 9.80 Å². The lowest BCUT2D eigenvalue weighted by Crippen LogP contribution is -2.29. The molecule has 2 saturated heterocycles. The number of carbonyl (C=O) groups excluding carboxylic acids is 2. The summed E-state index contributed by atoms with van der Waals surface area (Å²) in [7, 11) is 0. The number of aliphatic imine (C=N–C) groups is 2. The standard InChI is InChI=1S/C46H44N6O4/c1-3-47-43-35(19-21-51(43)41-37-23-33(37)25-49-39(41)27-55-45(53)31-11-7-5-8-12-31)29-15-17-30(18-16-29)36-20-22-52(44(36)48-4-2)42-38-24-34(38)26-50-40(42)28-56-46(54)32-13-9-6-10-14-32/h5-18,25-26,35-36H,3-4,19-24,27-28H2,1-2H3/t35-,36?/m1/s1. The highest BCUT2D eigenvalue weighted by molar-refractivity contribution is 6.07. The van der Waals surface area contributed by atoms with Gasteiger partial charge in [-0.1, -0.05) is 60.7 Å². The van der Waals surface area contributed by atoms with Gasteiger partial charge in [0.1, 0.15) is 36.3 Å². The first-order chi connectivity index (χ1) is 27.5. The summed E-state index contributed by atoms with van der Waals surface area (Å²) < 4.78 is 11.5. The van der Waals surface area contributed by atoms with Crippen LogP contribution in [0.1, 0.15) is 104 Å². The van der Waals surface area contributed by atoms with Gasteiger partial charge < -0.3 is 19.3 Å². The molecular formula is C46H44N6O4. The molecule has 2 aliphatic carbocycles. The van der Waals surface area contributed by atoms with Crippen LogP contribution in [0.5, 0.6) is 0 Å². The molecule has 0 saturated carbocycles. The fourth-order valence-corrected chi connectivity index (χ4v) is 8.36. The monoisotopic (exact) mass is 744 g/mol. The number of amidine groups is 2. The van der Waals surface area contributed by atoms with E-state index in [1.807, 2.05) is 48.8 Å². The largest absolute Gasteiger partial charge is 0.455 e. The molecule has 56 heavy (non-hydrogen) atoms. The van der Waals surface area contributed by atoms with Crippen molar-refractivity contribution in [2.75, 3.05) is 36.0 Å². The van der Waals surface area contributed by atoms with Gasteiger partial charge in [0.15, 0.2) is 0 Å². The summed E-state index contributed by atoms with van der Waals surface area (Å²) in [6.45, 7) is 7.33. The summed E-state index contributed by atoms with van der Waals surface area (Å²) in [6.07, 6.45) is 7.46. The summed E-state index contributed by atoms with van der Waals surface area (Å²) in [5.74, 6) is 1.63. The van der Waals surface area contributed by atoms with Gasteiger partial charge in [0.05, 0.1) is 22.5 Å². The number of pyridine rings is 2. The molecule has 2 atom stereocenters. The molecule has 1 unspecified atom stereocenters. The Kier molecular flexibility index (Phi) is 9.63. The Morgan fingerprint density at radius 3 is 1.43 bits per heavy atom. The number of anilines is 2. The molecule has 0 radical (unpaired) electrons. The van der Waals surface area contributed by atoms with Gasteiger partial charge in [-0.25, -0.2) is 9.59 Å². The third-order valence-corrected chi connectivity index (χ3v) is 11.2. The highest BCUT2D eigenvalue weighted by Gasteiger charge is 2.40. The van der Waals surface area contributed by atoms with Crippen LogP contribution in [0.4, 0.5) is 11.4 Å². The maximum atomic E-state index is 12.8. The van der Waals surface area contributed by atoms with Crippen LogP contribution in [0.15, 0.2) is 107 Å². The predicted octanol–water partition coefficient (Wildman–Crippen LogP) is 7.82. The molecule has 4 aliphatic rings. The van der Waals surface area contributed by atoms with Crippen molar-refractivity contribution in [3.05, 3.63) is 153 Å². The second kappa shape index (κ2) is 15.2. The minimum atomic E-state index is -0.356. The minimum Gasteiger partial charge on any atom is -0.455 e. The molecule has 2 aliphatic heterocycles. The number of benzene rings is 3. The lowest BCUT2D eigenvalue weighted by Gasteiger charge is -2.24. The Morgan fingerprint density at radius 1 is 0.625 bits per heavy atom. The SMILES string of the molecule is CCN=C1C(c2ccc([C@H]3CCN(c4c(COC(=O)c5ccccc5)ncc5c4C5)C3=NCC)cc2)CCN1c1c(COC(=O)c2ccccc2)ncc2c1C2. The van der Waals surface area contributed by atoms with E-state index < -0.39 is 0 Å². The maximum Gasteiger partial charge on any atom is 0.338 e. The van der Waals surface area contributed by atoms with Crippen molar-refractivity contribution in [1.82, 2.24) is 9.97 Å². The number of fused-ring (bicyclic) bond motifs is 2. The zero-order valence-electron chi connectivity index (χ0n) is 31.8. The predicted molar refractivity (Wildman–Crippen MR) is 217 cm³/mol. The number of nitrogens with zero attached hydrogens (tertiary/aromatic N) is 6. The van der Waals surface area contributed by atoms with Crippen LogP contribution in [0.25, 0.3) is 0 Å². The summed E-state index contributed by atoms with van der Waals surface area (Å²) in [5, 5.41) is 0. The Morgan fingerprint density at radius 2 is 1.04 bits per heavy atom. The zero-order chi connectivity index (χ0) is 38.2. The van der Waals surface area contributed by atoms with Gasteiger partial charge >= 0.3 is 11.9 Å². The Bertz CT molecular complexity index is 2190. The molecule has 2 aromatic heterocycles. The van der Waals surface area contributed by atoms with Crippen LogP contribution >= 0.6 is 0 Å². The van der Waals surface area contributed by atoms with Crippen molar-refractivity contribution in [2.45, 2.75) is 64.6 Å². The number of ether oxygens (including phenoxy) is 2. The van der Waals surface area contributed by atoms with Crippen LogP contribution in [-0.4, -0.2) is 59.8 Å². The highest BCUT2D eigenvalue weighted by atomic mass is 16.5. The second-order valence-electron chi connectivity index (χ2n) is 14.7. The molecular weight excluding hydrogens is 701 g/mol. The fourth-order valence-electron chi connectivity index (χ4n) is 8.36. The molecule has 10 heteroatoms. The van der Waals surface area contributed by atoms with Gasteiger partial charge in [0.25, 0.3) is 0 Å². The molecule has 0 spiro atoms. The topological polar surface area (TPSA) is 110 Å². The number of rotatable bonds is 12. The molecule has 10 nitrogen and oxygen atoms in total. The molecule has 9 rings (SSSR count). The van der Waals surface area contributed by atoms with E-state index in [-0.39, 0.29) is 37.0 Å². The smallest absolute Gasteiger partial charge is 0.338 e. The summed E-state index contributed by atoms with van der Waals surface area (Å²) in [4.78, 5) is 50.0. The summed E-state index contributed by atoms with van der Waals surface area (Å²) in [5.41, 5.74) is 12.2. The first kappa shape index (κ1) is 35.5. The Hall–Kier alpha value is -6.16. The molecule has 2 fully saturated rings. The van der Waals surface area contributed by atoms with E-state index >= 15 is 0 Å². The normalized spacial score (nSPS) is 19.2. The van der Waals surface area contributed by atoms with Crippen molar-refractivity contribution in [1.29, 1.82) is 0 Å². The lowest BCUT2D eigenvalue weighted by atomic mass is 9.91. The van der Waals surface area contributed by atoms with Crippen LogP contribution in [0, 0.1) is 0 Å². The molecule has 0 N–H and O–H groups in total. The van der Waals surface area contributed by atoms with E-state index in [1.165, 1.54) is 33.4 Å². The van der Waals surface area contributed by atoms with Gasteiger partial charge in [0, 0.05) is 63.3 Å². The summed E-state index contributed by atoms with van der Waals surface area (Å²) in [6, 6.07) is 27.2. The molecule has 0 amide bonds. The van der Waals surface area contributed by atoms with Crippen molar-refractivity contribution in [3.63, 3.8) is 0 Å². The Balaban J connectivity index is 0.928. The third-order valence-electron chi connectivity index (χ3n) is 11.2. The van der Waals surface area contributed by atoms with E-state index in [2.05, 4.69) is 47.9 Å². The van der Waals surface area contributed by atoms with E-state index in [9.17, 15) is 9.59 Å². The van der Waals surface area contributed by atoms with Crippen LogP contribution in [-0.2, 0) is 35.5 Å². The average Bonchev–Trinajstić information content (AvgIpc) is 4.13. The van der Waals surface area contributed by atoms with E-state index in [0.29, 0.717) is 24.2 Å². The van der Waals surface area contributed by atoms with E-state index in [0.717, 1.165) is 73.2 Å². The maximum absolute atomic E-state index is 12.8.